The van der Waals surface area contributed by atoms with Crippen molar-refractivity contribution in [3.05, 3.63) is 95.6 Å². The van der Waals surface area contributed by atoms with Crippen LogP contribution in [-0.2, 0) is 0 Å². The van der Waals surface area contributed by atoms with Crippen LogP contribution in [0.1, 0.15) is 15.9 Å². The number of amides is 3. The molecule has 0 radical (unpaired) electrons. The van der Waals surface area contributed by atoms with E-state index in [1.807, 2.05) is 0 Å². The minimum atomic E-state index is -4.85. The summed E-state index contributed by atoms with van der Waals surface area (Å²) in [6.45, 7) is -0.149. The molecule has 0 fully saturated rings. The molecule has 0 aliphatic heterocycles. The van der Waals surface area contributed by atoms with Gasteiger partial charge in [0, 0.05) is 23.9 Å². The van der Waals surface area contributed by atoms with E-state index in [0.29, 0.717) is 0 Å². The summed E-state index contributed by atoms with van der Waals surface area (Å²) in [5.74, 6) is -2.01. The zero-order valence-electron chi connectivity index (χ0n) is 18.6. The lowest BCUT2D eigenvalue weighted by Gasteiger charge is -2.19. The molecular weight excluding hydrogens is 487 g/mol. The molecule has 0 unspecified atom stereocenters. The van der Waals surface area contributed by atoms with Gasteiger partial charge in [0.05, 0.1) is 12.3 Å². The van der Waals surface area contributed by atoms with Crippen molar-refractivity contribution < 1.29 is 36.3 Å². The molecule has 0 bridgehead atoms. The highest BCUT2D eigenvalue weighted by molar-refractivity contribution is 6.05. The van der Waals surface area contributed by atoms with Gasteiger partial charge in [-0.2, -0.15) is 5.10 Å². The van der Waals surface area contributed by atoms with Gasteiger partial charge in [0.15, 0.2) is 0 Å². The molecule has 3 rings (SSSR count). The number of hydrogen-bond donors (Lipinski definition) is 2. The number of nitrogens with zero attached hydrogens (tertiary/aromatic N) is 2. The largest absolute Gasteiger partial charge is 0.573 e. The van der Waals surface area contributed by atoms with E-state index in [9.17, 15) is 31.5 Å². The summed E-state index contributed by atoms with van der Waals surface area (Å²) in [5.41, 5.74) is 2.97. The molecule has 3 aromatic rings. The van der Waals surface area contributed by atoms with E-state index >= 15 is 0 Å². The first-order valence-electron chi connectivity index (χ1n) is 10.3. The van der Waals surface area contributed by atoms with Crippen LogP contribution in [0.5, 0.6) is 5.75 Å². The van der Waals surface area contributed by atoms with E-state index in [0.717, 1.165) is 30.3 Å². The van der Waals surface area contributed by atoms with Gasteiger partial charge in [-0.1, -0.05) is 12.1 Å². The van der Waals surface area contributed by atoms with Gasteiger partial charge in [0.25, 0.3) is 5.91 Å². The smallest absolute Gasteiger partial charge is 0.406 e. The third kappa shape index (κ3) is 7.79. The molecule has 12 heteroatoms. The van der Waals surface area contributed by atoms with Crippen molar-refractivity contribution in [3.63, 3.8) is 0 Å². The molecule has 3 aromatic carbocycles. The quantitative estimate of drug-likeness (QED) is 0.264. The van der Waals surface area contributed by atoms with Gasteiger partial charge in [-0.15, -0.1) is 13.2 Å². The molecule has 0 spiro atoms. The summed E-state index contributed by atoms with van der Waals surface area (Å²) >= 11 is 0. The van der Waals surface area contributed by atoms with Gasteiger partial charge in [-0.05, 0) is 60.7 Å². The summed E-state index contributed by atoms with van der Waals surface area (Å²) in [7, 11) is 1.45. The first kappa shape index (κ1) is 26.1. The average Bonchev–Trinajstić information content (AvgIpc) is 2.82. The van der Waals surface area contributed by atoms with E-state index in [-0.39, 0.29) is 29.1 Å². The van der Waals surface area contributed by atoms with Crippen LogP contribution >= 0.6 is 0 Å². The van der Waals surface area contributed by atoms with Crippen LogP contribution in [0.4, 0.5) is 32.4 Å². The highest BCUT2D eigenvalue weighted by atomic mass is 19.4. The predicted molar refractivity (Wildman–Crippen MR) is 122 cm³/mol. The van der Waals surface area contributed by atoms with Crippen LogP contribution < -0.4 is 15.5 Å². The number of rotatable bonds is 7. The molecule has 0 saturated carbocycles. The number of nitrogens with one attached hydrogen (secondary N) is 2. The molecule has 2 N–H and O–H groups in total. The Morgan fingerprint density at radius 3 is 2.19 bits per heavy atom. The number of benzene rings is 3. The predicted octanol–water partition coefficient (Wildman–Crippen LogP) is 5.16. The second-order valence-corrected chi connectivity index (χ2v) is 7.38. The lowest BCUT2D eigenvalue weighted by Crippen LogP contribution is -2.34. The number of hydrazone groups is 1. The van der Waals surface area contributed by atoms with Crippen LogP contribution in [0, 0.1) is 11.6 Å². The maximum Gasteiger partial charge on any atom is 0.573 e. The number of halogens is 5. The molecule has 0 aliphatic carbocycles. The Labute approximate surface area is 202 Å². The number of hydrogen-bond acceptors (Lipinski definition) is 4. The second kappa shape index (κ2) is 11.3. The molecule has 188 valence electrons. The SMILES string of the molecule is CN(C/C(=N/NC(=O)Nc1ccc(OC(F)(F)F)cc1)c1cccc(F)c1)C(=O)c1ccc(F)cc1. The molecule has 0 atom stereocenters. The maximum absolute atomic E-state index is 13.8. The van der Waals surface area contributed by atoms with Crippen LogP contribution in [0.3, 0.4) is 0 Å². The van der Waals surface area contributed by atoms with Crippen molar-refractivity contribution in [3.8, 4) is 5.75 Å². The van der Waals surface area contributed by atoms with Crippen molar-refractivity contribution >= 4 is 23.3 Å². The standard InChI is InChI=1S/C24H19F5N4O3/c1-33(22(34)15-5-7-17(25)8-6-15)14-21(16-3-2-4-18(26)13-16)31-32-23(35)30-19-9-11-20(12-10-19)36-24(27,28)29/h2-13H,14H2,1H3,(H2,30,32,35)/b31-21-. The highest BCUT2D eigenvalue weighted by Gasteiger charge is 2.31. The van der Waals surface area contributed by atoms with E-state index in [1.165, 1.54) is 54.4 Å². The number of alkyl halides is 3. The fourth-order valence-electron chi connectivity index (χ4n) is 2.99. The van der Waals surface area contributed by atoms with Gasteiger partial charge in [-0.25, -0.2) is 19.0 Å². The Kier molecular flexibility index (Phi) is 8.20. The van der Waals surface area contributed by atoms with E-state index in [2.05, 4.69) is 20.6 Å². The molecule has 0 aromatic heterocycles. The summed E-state index contributed by atoms with van der Waals surface area (Å²) in [6, 6.07) is 13.8. The third-order valence-electron chi connectivity index (χ3n) is 4.62. The number of carbonyl (C=O) groups is 2. The average molecular weight is 506 g/mol. The lowest BCUT2D eigenvalue weighted by molar-refractivity contribution is -0.274. The number of urea groups is 1. The molecule has 7 nitrogen and oxygen atoms in total. The number of anilines is 1. The summed E-state index contributed by atoms with van der Waals surface area (Å²) < 4.78 is 67.5. The van der Waals surface area contributed by atoms with Crippen LogP contribution in [0.25, 0.3) is 0 Å². The number of carbonyl (C=O) groups excluding carboxylic acids is 2. The molecule has 0 heterocycles. The monoisotopic (exact) mass is 506 g/mol. The maximum atomic E-state index is 13.8. The van der Waals surface area contributed by atoms with Crippen molar-refractivity contribution in [2.24, 2.45) is 5.10 Å². The zero-order chi connectivity index (χ0) is 26.3. The minimum absolute atomic E-state index is 0.122. The van der Waals surface area contributed by atoms with E-state index in [1.54, 1.807) is 0 Å². The Morgan fingerprint density at radius 1 is 0.917 bits per heavy atom. The summed E-state index contributed by atoms with van der Waals surface area (Å²) in [6.07, 6.45) is -4.85. The van der Waals surface area contributed by atoms with Crippen LogP contribution in [-0.4, -0.2) is 42.5 Å². The number of ether oxygens (including phenoxy) is 1. The molecule has 0 saturated heterocycles. The van der Waals surface area contributed by atoms with E-state index < -0.39 is 35.7 Å². The van der Waals surface area contributed by atoms with Crippen molar-refractivity contribution in [2.75, 3.05) is 18.9 Å². The first-order valence-corrected chi connectivity index (χ1v) is 10.3. The normalized spacial score (nSPS) is 11.6. The summed E-state index contributed by atoms with van der Waals surface area (Å²) in [4.78, 5) is 26.2. The highest BCUT2D eigenvalue weighted by Crippen LogP contribution is 2.23. The summed E-state index contributed by atoms with van der Waals surface area (Å²) in [5, 5.41) is 6.36. The third-order valence-corrected chi connectivity index (χ3v) is 4.62. The van der Waals surface area contributed by atoms with Crippen LogP contribution in [0.15, 0.2) is 77.9 Å². The Bertz CT molecular complexity index is 1250. The van der Waals surface area contributed by atoms with E-state index in [4.69, 9.17) is 0 Å². The zero-order valence-corrected chi connectivity index (χ0v) is 18.6. The van der Waals surface area contributed by atoms with Gasteiger partial charge < -0.3 is 15.0 Å². The van der Waals surface area contributed by atoms with Crippen LogP contribution in [0.2, 0.25) is 0 Å². The topological polar surface area (TPSA) is 83.0 Å². The minimum Gasteiger partial charge on any atom is -0.406 e. The van der Waals surface area contributed by atoms with Crippen molar-refractivity contribution in [1.82, 2.24) is 10.3 Å². The second-order valence-electron chi connectivity index (χ2n) is 7.38. The molecule has 0 aliphatic rings. The molecular formula is C24H19F5N4O3. The molecule has 36 heavy (non-hydrogen) atoms. The Hall–Kier alpha value is -4.48. The Morgan fingerprint density at radius 2 is 1.58 bits per heavy atom. The van der Waals surface area contributed by atoms with Gasteiger partial charge in [0.2, 0.25) is 0 Å². The van der Waals surface area contributed by atoms with Gasteiger partial charge >= 0.3 is 12.4 Å². The number of likely N-dealkylation sites (N-methyl/N-ethyl adjacent to an activating group) is 1. The molecule has 3 amide bonds. The first-order chi connectivity index (χ1) is 17.0. The van der Waals surface area contributed by atoms with Gasteiger partial charge in [-0.3, -0.25) is 4.79 Å². The fourth-order valence-corrected chi connectivity index (χ4v) is 2.99. The lowest BCUT2D eigenvalue weighted by atomic mass is 10.1. The van der Waals surface area contributed by atoms with Gasteiger partial charge in [0.1, 0.15) is 17.4 Å². The van der Waals surface area contributed by atoms with Crippen molar-refractivity contribution in [1.29, 1.82) is 0 Å². The Balaban J connectivity index is 1.72. The fraction of sp³-hybridized carbons (Fsp3) is 0.125. The van der Waals surface area contributed by atoms with Crippen molar-refractivity contribution in [2.45, 2.75) is 6.36 Å².